The number of hydrogen-bond acceptors (Lipinski definition) is 6. The summed E-state index contributed by atoms with van der Waals surface area (Å²) in [5.41, 5.74) is -0.231. The van der Waals surface area contributed by atoms with Crippen molar-refractivity contribution in [3.8, 4) is 0 Å². The van der Waals surface area contributed by atoms with Gasteiger partial charge in [-0.3, -0.25) is 0 Å². The van der Waals surface area contributed by atoms with Gasteiger partial charge in [0.25, 0.3) is 0 Å². The predicted molar refractivity (Wildman–Crippen MR) is 107 cm³/mol. The zero-order valence-corrected chi connectivity index (χ0v) is 16.9. The minimum Gasteiger partial charge on any atom is -0.409 e. The number of H-pyrrole nitrogens is 1. The first-order valence-electron chi connectivity index (χ1n) is 9.02. The van der Waals surface area contributed by atoms with E-state index in [1.807, 2.05) is 0 Å². The van der Waals surface area contributed by atoms with Crippen molar-refractivity contribution in [2.75, 3.05) is 0 Å². The van der Waals surface area contributed by atoms with Crippen molar-refractivity contribution in [2.45, 2.75) is 37.2 Å². The number of halogens is 2. The minimum atomic E-state index is -1.46. The van der Waals surface area contributed by atoms with Gasteiger partial charge in [0, 0.05) is 12.1 Å². The van der Waals surface area contributed by atoms with Crippen LogP contribution >= 0.6 is 23.2 Å². The largest absolute Gasteiger partial charge is 0.409 e. The lowest BCUT2D eigenvalue weighted by Gasteiger charge is -2.33. The van der Waals surface area contributed by atoms with E-state index >= 15 is 0 Å². The highest BCUT2D eigenvalue weighted by atomic mass is 35.5. The van der Waals surface area contributed by atoms with Gasteiger partial charge in [0.1, 0.15) is 11.8 Å². The number of rotatable bonds is 3. The van der Waals surface area contributed by atoms with E-state index in [4.69, 9.17) is 28.4 Å². The van der Waals surface area contributed by atoms with E-state index in [-0.39, 0.29) is 5.49 Å². The molecule has 2 heterocycles. The summed E-state index contributed by atoms with van der Waals surface area (Å²) in [4.78, 5) is 6.93. The monoisotopic (exact) mass is 438 g/mol. The highest BCUT2D eigenvalue weighted by Gasteiger charge is 2.50. The Morgan fingerprint density at radius 1 is 1.21 bits per heavy atom. The Balaban J connectivity index is 1.72. The summed E-state index contributed by atoms with van der Waals surface area (Å²) in [7, 11) is 0. The summed E-state index contributed by atoms with van der Waals surface area (Å²) in [6.45, 7) is 1.59. The molecule has 0 unspecified atom stereocenters. The lowest BCUT2D eigenvalue weighted by Crippen LogP contribution is -2.40. The Hall–Kier alpha value is -2.10. The maximum absolute atomic E-state index is 11.3. The van der Waals surface area contributed by atoms with Crippen LogP contribution < -0.4 is 5.49 Å². The maximum Gasteiger partial charge on any atom is 0.203 e. The van der Waals surface area contributed by atoms with Crippen LogP contribution in [0.25, 0.3) is 11.0 Å². The minimum absolute atomic E-state index is 0.143. The zero-order chi connectivity index (χ0) is 20.9. The molecule has 0 aliphatic heterocycles. The van der Waals surface area contributed by atoms with Crippen molar-refractivity contribution in [3.63, 3.8) is 0 Å². The summed E-state index contributed by atoms with van der Waals surface area (Å²) >= 11 is 12.1. The number of nitrogens with one attached hydrogen (secondary N) is 1. The SMILES string of the molecule is C[C@@](O)(c1ccc(Cl)c(Cl)c1)[C@H]1C[C@@H](n2ccc3/c(=N\O)nc[nH]c32)[C@H](O)[C@@H]1O. The maximum atomic E-state index is 11.3. The van der Waals surface area contributed by atoms with Crippen molar-refractivity contribution in [1.29, 1.82) is 0 Å². The number of fused-ring (bicyclic) bond motifs is 1. The fourth-order valence-electron chi connectivity index (χ4n) is 4.23. The smallest absolute Gasteiger partial charge is 0.203 e. The highest BCUT2D eigenvalue weighted by molar-refractivity contribution is 6.42. The Morgan fingerprint density at radius 3 is 2.66 bits per heavy atom. The number of aliphatic hydroxyl groups is 3. The Kier molecular flexibility index (Phi) is 5.08. The molecule has 5 atom stereocenters. The summed E-state index contributed by atoms with van der Waals surface area (Å²) in [5, 5.41) is 46.3. The molecule has 0 saturated heterocycles. The van der Waals surface area contributed by atoms with Crippen LogP contribution in [0, 0.1) is 5.92 Å². The van der Waals surface area contributed by atoms with E-state index < -0.39 is 29.8 Å². The van der Waals surface area contributed by atoms with Gasteiger partial charge in [-0.2, -0.15) is 0 Å². The number of nitrogens with zero attached hydrogens (tertiary/aromatic N) is 3. The normalized spacial score (nSPS) is 27.4. The van der Waals surface area contributed by atoms with Crippen LogP contribution in [0.5, 0.6) is 0 Å². The summed E-state index contributed by atoms with van der Waals surface area (Å²) in [6.07, 6.45) is 1.09. The van der Waals surface area contributed by atoms with E-state index in [1.165, 1.54) is 6.33 Å². The molecule has 10 heteroatoms. The van der Waals surface area contributed by atoms with E-state index in [2.05, 4.69) is 15.1 Å². The molecule has 2 aromatic heterocycles. The van der Waals surface area contributed by atoms with Crippen LogP contribution in [-0.2, 0) is 5.60 Å². The zero-order valence-electron chi connectivity index (χ0n) is 15.4. The standard InChI is InChI=1S/C19H20Cl2N4O4/c1-19(28,9-2-3-12(20)13(21)6-9)11-7-14(16(27)15(11)26)25-5-4-10-17(24-29)22-8-23-18(10)25/h2-6,8,11,14-16,26-29H,7H2,1H3,(H,22,23,24)/t11-,14+,15+,16-,19+/m0/s1. The van der Waals surface area contributed by atoms with Gasteiger partial charge < -0.3 is 30.1 Å². The number of benzene rings is 1. The van der Waals surface area contributed by atoms with Crippen molar-refractivity contribution >= 4 is 34.2 Å². The first-order chi connectivity index (χ1) is 13.8. The van der Waals surface area contributed by atoms with Crippen LogP contribution in [0.2, 0.25) is 10.0 Å². The van der Waals surface area contributed by atoms with Crippen LogP contribution in [0.15, 0.2) is 41.9 Å². The van der Waals surface area contributed by atoms with Crippen molar-refractivity contribution < 1.29 is 20.5 Å². The summed E-state index contributed by atoms with van der Waals surface area (Å²) in [6, 6.07) is 5.99. The predicted octanol–water partition coefficient (Wildman–Crippen LogP) is 2.15. The molecule has 1 aliphatic carbocycles. The van der Waals surface area contributed by atoms with E-state index in [1.54, 1.807) is 42.0 Å². The van der Waals surface area contributed by atoms with Crippen molar-refractivity contribution in [3.05, 3.63) is 57.9 Å². The second kappa shape index (κ2) is 7.30. The number of aromatic amines is 1. The van der Waals surface area contributed by atoms with E-state index in [0.29, 0.717) is 33.1 Å². The van der Waals surface area contributed by atoms with Crippen molar-refractivity contribution in [2.24, 2.45) is 11.1 Å². The molecule has 3 aromatic rings. The molecule has 8 nitrogen and oxygen atoms in total. The van der Waals surface area contributed by atoms with Crippen molar-refractivity contribution in [1.82, 2.24) is 14.5 Å². The van der Waals surface area contributed by atoms with Gasteiger partial charge in [0.2, 0.25) is 5.49 Å². The second-order valence-corrected chi connectivity index (χ2v) is 8.29. The Labute approximate surface area is 175 Å². The number of hydrogen-bond donors (Lipinski definition) is 5. The van der Waals surface area contributed by atoms with Gasteiger partial charge >= 0.3 is 0 Å². The average Bonchev–Trinajstić information content (AvgIpc) is 3.25. The molecule has 0 amide bonds. The lowest BCUT2D eigenvalue weighted by molar-refractivity contribution is -0.0751. The topological polar surface area (TPSA) is 127 Å². The lowest BCUT2D eigenvalue weighted by atomic mass is 9.80. The summed E-state index contributed by atoms with van der Waals surface area (Å²) in [5.74, 6) is -0.666. The first kappa shape index (κ1) is 20.2. The Bertz CT molecular complexity index is 1130. The van der Waals surface area contributed by atoms with Gasteiger partial charge in [0.15, 0.2) is 0 Å². The van der Waals surface area contributed by atoms with Crippen LogP contribution in [0.4, 0.5) is 0 Å². The molecule has 1 aromatic carbocycles. The molecule has 5 N–H and O–H groups in total. The molecule has 0 radical (unpaired) electrons. The van der Waals surface area contributed by atoms with Gasteiger partial charge in [-0.15, -0.1) is 0 Å². The molecule has 0 bridgehead atoms. The average molecular weight is 439 g/mol. The van der Waals surface area contributed by atoms with Crippen LogP contribution in [0.3, 0.4) is 0 Å². The fraction of sp³-hybridized carbons (Fsp3) is 0.368. The van der Waals surface area contributed by atoms with Gasteiger partial charge in [0.05, 0.1) is 39.5 Å². The molecular formula is C19H20Cl2N4O4. The van der Waals surface area contributed by atoms with Crippen LogP contribution in [0.1, 0.15) is 24.9 Å². The van der Waals surface area contributed by atoms with E-state index in [0.717, 1.165) is 0 Å². The van der Waals surface area contributed by atoms with Gasteiger partial charge in [-0.1, -0.05) is 34.4 Å². The van der Waals surface area contributed by atoms with Crippen LogP contribution in [-0.4, -0.2) is 47.3 Å². The number of aliphatic hydroxyl groups excluding tert-OH is 2. The summed E-state index contributed by atoms with van der Waals surface area (Å²) < 4.78 is 1.75. The first-order valence-corrected chi connectivity index (χ1v) is 9.77. The Morgan fingerprint density at radius 2 is 1.97 bits per heavy atom. The molecular weight excluding hydrogens is 419 g/mol. The van der Waals surface area contributed by atoms with E-state index in [9.17, 15) is 15.3 Å². The highest BCUT2D eigenvalue weighted by Crippen LogP contribution is 2.46. The third-order valence-electron chi connectivity index (χ3n) is 5.87. The molecule has 29 heavy (non-hydrogen) atoms. The third-order valence-corrected chi connectivity index (χ3v) is 6.61. The molecule has 1 saturated carbocycles. The molecule has 1 aliphatic rings. The third kappa shape index (κ3) is 3.21. The number of aromatic nitrogens is 3. The molecule has 1 fully saturated rings. The van der Waals surface area contributed by atoms with Gasteiger partial charge in [-0.25, -0.2) is 4.98 Å². The second-order valence-electron chi connectivity index (χ2n) is 7.48. The molecule has 4 rings (SSSR count). The molecule has 154 valence electrons. The fourth-order valence-corrected chi connectivity index (χ4v) is 4.53. The quantitative estimate of drug-likeness (QED) is 0.316. The van der Waals surface area contributed by atoms with Gasteiger partial charge in [-0.05, 0) is 37.1 Å². The molecule has 0 spiro atoms.